The maximum atomic E-state index is 11.4. The van der Waals surface area contributed by atoms with Crippen molar-refractivity contribution in [1.29, 1.82) is 0 Å². The Morgan fingerprint density at radius 3 is 3.06 bits per heavy atom. The molecule has 0 bridgehead atoms. The number of hydrogen-bond acceptors (Lipinski definition) is 4. The molecule has 1 aromatic heterocycles. The van der Waals surface area contributed by atoms with E-state index < -0.39 is 0 Å². The van der Waals surface area contributed by atoms with Crippen molar-refractivity contribution in [1.82, 2.24) is 9.88 Å². The first-order chi connectivity index (χ1) is 7.81. The summed E-state index contributed by atoms with van der Waals surface area (Å²) in [7, 11) is 0. The number of amides is 1. The molecule has 0 aromatic carbocycles. The molecule has 16 heavy (non-hydrogen) atoms. The van der Waals surface area contributed by atoms with Crippen LogP contribution in [0.15, 0.2) is 29.7 Å². The Hall–Kier alpha value is -1.91. The standard InChI is InChI=1S/C11H13N3O2/c15-11-4-2-6-14(11)8-10(13-16)9-3-1-5-12-7-9/h1,3,5,7,16H,2,4,6,8H2. The molecule has 0 saturated carbocycles. The molecule has 5 heteroatoms. The number of hydrogen-bond donors (Lipinski definition) is 1. The highest BCUT2D eigenvalue weighted by atomic mass is 16.4. The molecule has 1 aliphatic heterocycles. The summed E-state index contributed by atoms with van der Waals surface area (Å²) in [4.78, 5) is 17.1. The van der Waals surface area contributed by atoms with Crippen LogP contribution in [0.2, 0.25) is 0 Å². The van der Waals surface area contributed by atoms with E-state index in [0.29, 0.717) is 18.7 Å². The first-order valence-corrected chi connectivity index (χ1v) is 5.20. The first-order valence-electron chi connectivity index (χ1n) is 5.20. The van der Waals surface area contributed by atoms with Gasteiger partial charge in [0, 0.05) is 30.9 Å². The Kier molecular flexibility index (Phi) is 3.14. The minimum Gasteiger partial charge on any atom is -0.411 e. The maximum Gasteiger partial charge on any atom is 0.222 e. The molecule has 0 atom stereocenters. The number of nitrogens with zero attached hydrogens (tertiary/aromatic N) is 3. The molecule has 2 heterocycles. The molecule has 0 unspecified atom stereocenters. The Bertz CT molecular complexity index is 403. The lowest BCUT2D eigenvalue weighted by Gasteiger charge is -2.15. The molecule has 0 aliphatic carbocycles. The summed E-state index contributed by atoms with van der Waals surface area (Å²) < 4.78 is 0. The second-order valence-electron chi connectivity index (χ2n) is 3.71. The van der Waals surface area contributed by atoms with Gasteiger partial charge in [-0.2, -0.15) is 0 Å². The van der Waals surface area contributed by atoms with Crippen LogP contribution in [0, 0.1) is 0 Å². The topological polar surface area (TPSA) is 65.8 Å². The average molecular weight is 219 g/mol. The largest absolute Gasteiger partial charge is 0.411 e. The lowest BCUT2D eigenvalue weighted by Crippen LogP contribution is -2.31. The van der Waals surface area contributed by atoms with Crippen molar-refractivity contribution in [3.8, 4) is 0 Å². The Balaban J connectivity index is 2.10. The third-order valence-corrected chi connectivity index (χ3v) is 2.63. The predicted octanol–water partition coefficient (Wildman–Crippen LogP) is 0.882. The highest BCUT2D eigenvalue weighted by Gasteiger charge is 2.22. The van der Waals surface area contributed by atoms with E-state index in [4.69, 9.17) is 5.21 Å². The van der Waals surface area contributed by atoms with Gasteiger partial charge in [0.1, 0.15) is 5.71 Å². The fraction of sp³-hybridized carbons (Fsp3) is 0.364. The number of likely N-dealkylation sites (tertiary alicyclic amines) is 1. The molecule has 0 spiro atoms. The van der Waals surface area contributed by atoms with Crippen LogP contribution in [0.5, 0.6) is 0 Å². The molecular formula is C11H13N3O2. The van der Waals surface area contributed by atoms with Crippen LogP contribution in [0.4, 0.5) is 0 Å². The smallest absolute Gasteiger partial charge is 0.222 e. The zero-order chi connectivity index (χ0) is 11.4. The normalized spacial score (nSPS) is 16.9. The fourth-order valence-corrected chi connectivity index (χ4v) is 1.77. The van der Waals surface area contributed by atoms with Gasteiger partial charge in [-0.25, -0.2) is 0 Å². The quantitative estimate of drug-likeness (QED) is 0.466. The van der Waals surface area contributed by atoms with Gasteiger partial charge in [-0.15, -0.1) is 0 Å². The molecule has 1 N–H and O–H groups in total. The Morgan fingerprint density at radius 1 is 1.62 bits per heavy atom. The van der Waals surface area contributed by atoms with Gasteiger partial charge in [-0.1, -0.05) is 5.16 Å². The van der Waals surface area contributed by atoms with Crippen LogP contribution in [0.1, 0.15) is 18.4 Å². The van der Waals surface area contributed by atoms with Crippen molar-refractivity contribution in [3.63, 3.8) is 0 Å². The van der Waals surface area contributed by atoms with Gasteiger partial charge in [-0.05, 0) is 18.6 Å². The van der Waals surface area contributed by atoms with Crippen LogP contribution in [0.3, 0.4) is 0 Å². The van der Waals surface area contributed by atoms with E-state index in [1.165, 1.54) is 0 Å². The lowest BCUT2D eigenvalue weighted by atomic mass is 10.2. The molecule has 0 radical (unpaired) electrons. The van der Waals surface area contributed by atoms with Crippen molar-refractivity contribution in [3.05, 3.63) is 30.1 Å². The summed E-state index contributed by atoms with van der Waals surface area (Å²) >= 11 is 0. The van der Waals surface area contributed by atoms with E-state index in [0.717, 1.165) is 18.5 Å². The van der Waals surface area contributed by atoms with Gasteiger partial charge >= 0.3 is 0 Å². The van der Waals surface area contributed by atoms with Crippen LogP contribution < -0.4 is 0 Å². The van der Waals surface area contributed by atoms with Crippen molar-refractivity contribution in [2.75, 3.05) is 13.1 Å². The molecule has 1 amide bonds. The fourth-order valence-electron chi connectivity index (χ4n) is 1.77. The maximum absolute atomic E-state index is 11.4. The molecular weight excluding hydrogens is 206 g/mol. The van der Waals surface area contributed by atoms with Crippen molar-refractivity contribution in [2.24, 2.45) is 5.16 Å². The van der Waals surface area contributed by atoms with Gasteiger partial charge in [0.2, 0.25) is 5.91 Å². The van der Waals surface area contributed by atoms with Crippen molar-refractivity contribution < 1.29 is 10.0 Å². The molecule has 84 valence electrons. The predicted molar refractivity (Wildman–Crippen MR) is 58.4 cm³/mol. The Labute approximate surface area is 93.4 Å². The molecule has 5 nitrogen and oxygen atoms in total. The zero-order valence-corrected chi connectivity index (χ0v) is 8.83. The molecule has 1 aliphatic rings. The molecule has 1 saturated heterocycles. The summed E-state index contributed by atoms with van der Waals surface area (Å²) in [6.07, 6.45) is 4.74. The molecule has 1 aromatic rings. The van der Waals surface area contributed by atoms with Gasteiger partial charge in [0.05, 0.1) is 6.54 Å². The Morgan fingerprint density at radius 2 is 2.50 bits per heavy atom. The second kappa shape index (κ2) is 4.74. The molecule has 2 rings (SSSR count). The van der Waals surface area contributed by atoms with Gasteiger partial charge < -0.3 is 10.1 Å². The summed E-state index contributed by atoms with van der Waals surface area (Å²) in [6, 6.07) is 3.58. The third-order valence-electron chi connectivity index (χ3n) is 2.63. The van der Waals surface area contributed by atoms with E-state index in [9.17, 15) is 4.79 Å². The third kappa shape index (κ3) is 2.18. The van der Waals surface area contributed by atoms with E-state index in [2.05, 4.69) is 10.1 Å². The van der Waals surface area contributed by atoms with E-state index in [-0.39, 0.29) is 5.91 Å². The van der Waals surface area contributed by atoms with E-state index in [1.807, 2.05) is 6.07 Å². The number of carbonyl (C=O) groups excluding carboxylic acids is 1. The zero-order valence-electron chi connectivity index (χ0n) is 8.83. The van der Waals surface area contributed by atoms with Crippen molar-refractivity contribution >= 4 is 11.6 Å². The number of rotatable bonds is 3. The monoisotopic (exact) mass is 219 g/mol. The van der Waals surface area contributed by atoms with Gasteiger partial charge in [-0.3, -0.25) is 9.78 Å². The van der Waals surface area contributed by atoms with Crippen LogP contribution >= 0.6 is 0 Å². The van der Waals surface area contributed by atoms with E-state index in [1.54, 1.807) is 23.4 Å². The second-order valence-corrected chi connectivity index (χ2v) is 3.71. The number of oxime groups is 1. The first kappa shape index (κ1) is 10.6. The highest BCUT2D eigenvalue weighted by molar-refractivity contribution is 6.03. The van der Waals surface area contributed by atoms with Crippen LogP contribution in [-0.2, 0) is 4.79 Å². The number of pyridine rings is 1. The van der Waals surface area contributed by atoms with Crippen LogP contribution in [-0.4, -0.2) is 39.8 Å². The summed E-state index contributed by atoms with van der Waals surface area (Å²) in [5.41, 5.74) is 1.22. The SMILES string of the molecule is O=C1CCCN1CC(=NO)c1cccnc1. The molecule has 1 fully saturated rings. The average Bonchev–Trinajstić information content (AvgIpc) is 2.73. The number of aromatic nitrogens is 1. The van der Waals surface area contributed by atoms with Gasteiger partial charge in [0.25, 0.3) is 0 Å². The summed E-state index contributed by atoms with van der Waals surface area (Å²) in [5, 5.41) is 12.2. The van der Waals surface area contributed by atoms with E-state index >= 15 is 0 Å². The number of carbonyl (C=O) groups is 1. The highest BCUT2D eigenvalue weighted by Crippen LogP contribution is 2.11. The van der Waals surface area contributed by atoms with Gasteiger partial charge in [0.15, 0.2) is 0 Å². The summed E-state index contributed by atoms with van der Waals surface area (Å²) in [5.74, 6) is 0.116. The van der Waals surface area contributed by atoms with Crippen molar-refractivity contribution in [2.45, 2.75) is 12.8 Å². The lowest BCUT2D eigenvalue weighted by molar-refractivity contribution is -0.127. The minimum absolute atomic E-state index is 0.116. The minimum atomic E-state index is 0.116. The summed E-state index contributed by atoms with van der Waals surface area (Å²) in [6.45, 7) is 1.08. The van der Waals surface area contributed by atoms with Crippen LogP contribution in [0.25, 0.3) is 0 Å².